The molecule has 2 aromatic heterocycles. The molecule has 0 saturated heterocycles. The van der Waals surface area contributed by atoms with E-state index in [9.17, 15) is 4.79 Å². The van der Waals surface area contributed by atoms with Crippen molar-refractivity contribution in [2.24, 2.45) is 0 Å². The van der Waals surface area contributed by atoms with Crippen LogP contribution in [-0.4, -0.2) is 39.6 Å². The maximum absolute atomic E-state index is 12.6. The number of oxazole rings is 1. The first-order valence-electron chi connectivity index (χ1n) is 8.38. The molecule has 0 saturated carbocycles. The van der Waals surface area contributed by atoms with Crippen LogP contribution in [0.5, 0.6) is 0 Å². The molecule has 3 aromatic rings. The normalized spacial score (nSPS) is 14.7. The number of methoxy groups -OCH3 is 1. The summed E-state index contributed by atoms with van der Waals surface area (Å²) in [6, 6.07) is 11.5. The van der Waals surface area contributed by atoms with Gasteiger partial charge < -0.3 is 14.1 Å². The zero-order chi connectivity index (χ0) is 17.9. The number of benzene rings is 1. The Morgan fingerprint density at radius 1 is 1.23 bits per heavy atom. The minimum Gasteiger partial charge on any atom is -0.442 e. The van der Waals surface area contributed by atoms with Gasteiger partial charge in [0.1, 0.15) is 11.5 Å². The van der Waals surface area contributed by atoms with Crippen LogP contribution in [0.3, 0.4) is 0 Å². The van der Waals surface area contributed by atoms with Gasteiger partial charge in [0.15, 0.2) is 6.10 Å². The number of nitrogens with zero attached hydrogens (tertiary/aromatic N) is 4. The second kappa shape index (κ2) is 7.05. The molecular weight excluding hydrogens is 332 g/mol. The Hall–Kier alpha value is -3.06. The van der Waals surface area contributed by atoms with Crippen LogP contribution in [0.2, 0.25) is 0 Å². The fraction of sp³-hybridized carbons (Fsp3) is 0.263. The maximum Gasteiger partial charge on any atom is 0.255 e. The molecule has 0 aliphatic carbocycles. The van der Waals surface area contributed by atoms with E-state index < -0.39 is 0 Å². The van der Waals surface area contributed by atoms with Crippen molar-refractivity contribution in [1.29, 1.82) is 0 Å². The van der Waals surface area contributed by atoms with Gasteiger partial charge in [0.2, 0.25) is 5.89 Å². The van der Waals surface area contributed by atoms with Crippen molar-refractivity contribution in [3.8, 4) is 0 Å². The summed E-state index contributed by atoms with van der Waals surface area (Å²) in [4.78, 5) is 19.0. The molecule has 1 atom stereocenters. The first-order valence-corrected chi connectivity index (χ1v) is 8.38. The molecule has 7 nitrogen and oxygen atoms in total. The summed E-state index contributed by atoms with van der Waals surface area (Å²) in [6.45, 7) is 0.983. The number of ether oxygens (including phenoxy) is 1. The summed E-state index contributed by atoms with van der Waals surface area (Å²) in [5.41, 5.74) is 2.27. The van der Waals surface area contributed by atoms with Crippen LogP contribution in [0.4, 0.5) is 0 Å². The van der Waals surface area contributed by atoms with Crippen molar-refractivity contribution >= 4 is 5.91 Å². The molecule has 1 aromatic carbocycles. The third kappa shape index (κ3) is 3.09. The zero-order valence-electron chi connectivity index (χ0n) is 14.3. The highest BCUT2D eigenvalue weighted by Crippen LogP contribution is 2.29. The van der Waals surface area contributed by atoms with Gasteiger partial charge in [-0.1, -0.05) is 30.3 Å². The number of carbonyl (C=O) groups excluding carboxylic acids is 1. The molecule has 0 spiro atoms. The fourth-order valence-electron chi connectivity index (χ4n) is 3.11. The van der Waals surface area contributed by atoms with E-state index in [0.29, 0.717) is 31.0 Å². The van der Waals surface area contributed by atoms with Crippen LogP contribution in [0.25, 0.3) is 0 Å². The van der Waals surface area contributed by atoms with Crippen molar-refractivity contribution in [2.75, 3.05) is 13.7 Å². The van der Waals surface area contributed by atoms with E-state index in [2.05, 4.69) is 15.2 Å². The third-order valence-electron chi connectivity index (χ3n) is 4.42. The summed E-state index contributed by atoms with van der Waals surface area (Å²) in [7, 11) is 1.63. The molecule has 7 heteroatoms. The highest BCUT2D eigenvalue weighted by molar-refractivity contribution is 5.93. The molecule has 1 aliphatic rings. The van der Waals surface area contributed by atoms with Gasteiger partial charge >= 0.3 is 0 Å². The number of fused-ring (bicyclic) bond motifs is 1. The number of hydrogen-bond acceptors (Lipinski definition) is 6. The van der Waals surface area contributed by atoms with Crippen LogP contribution in [0.15, 0.2) is 53.2 Å². The average molecular weight is 350 g/mol. The predicted octanol–water partition coefficient (Wildman–Crippen LogP) is 2.40. The molecule has 1 aliphatic heterocycles. The van der Waals surface area contributed by atoms with Crippen LogP contribution in [0, 0.1) is 0 Å². The van der Waals surface area contributed by atoms with E-state index >= 15 is 0 Å². The molecule has 3 heterocycles. The Kier molecular flexibility index (Phi) is 4.45. The van der Waals surface area contributed by atoms with Gasteiger partial charge in [-0.3, -0.25) is 4.79 Å². The second-order valence-corrected chi connectivity index (χ2v) is 6.06. The monoisotopic (exact) mass is 350 g/mol. The summed E-state index contributed by atoms with van der Waals surface area (Å²) < 4.78 is 11.5. The van der Waals surface area contributed by atoms with Crippen molar-refractivity contribution in [3.05, 3.63) is 77.3 Å². The van der Waals surface area contributed by atoms with Crippen LogP contribution >= 0.6 is 0 Å². The molecule has 26 heavy (non-hydrogen) atoms. The molecule has 0 N–H and O–H groups in total. The van der Waals surface area contributed by atoms with E-state index in [1.54, 1.807) is 18.1 Å². The highest BCUT2D eigenvalue weighted by atomic mass is 16.5. The van der Waals surface area contributed by atoms with Gasteiger partial charge in [-0.05, 0) is 11.6 Å². The number of aromatic nitrogens is 3. The van der Waals surface area contributed by atoms with Gasteiger partial charge in [0, 0.05) is 20.1 Å². The van der Waals surface area contributed by atoms with Crippen LogP contribution < -0.4 is 0 Å². The van der Waals surface area contributed by atoms with Crippen molar-refractivity contribution in [2.45, 2.75) is 19.1 Å². The molecule has 0 bridgehead atoms. The standard InChI is InChI=1S/C19H18N4O3/c1-25-17(13-5-3-2-4-6-13)18-22-15-12-23(10-8-16(15)26-18)19(24)14-7-9-20-21-11-14/h2-7,9,11,17H,8,10,12H2,1H3. The van der Waals surface area contributed by atoms with Crippen molar-refractivity contribution in [3.63, 3.8) is 0 Å². The lowest BCUT2D eigenvalue weighted by Gasteiger charge is -2.25. The molecular formula is C19H18N4O3. The molecule has 4 rings (SSSR count). The minimum absolute atomic E-state index is 0.0820. The summed E-state index contributed by atoms with van der Waals surface area (Å²) >= 11 is 0. The van der Waals surface area contributed by atoms with Crippen molar-refractivity contribution in [1.82, 2.24) is 20.1 Å². The largest absolute Gasteiger partial charge is 0.442 e. The first-order chi connectivity index (χ1) is 12.8. The van der Waals surface area contributed by atoms with Gasteiger partial charge in [0.05, 0.1) is 24.5 Å². The molecule has 0 radical (unpaired) electrons. The number of carbonyl (C=O) groups is 1. The number of hydrogen-bond donors (Lipinski definition) is 0. The van der Waals surface area contributed by atoms with Crippen molar-refractivity contribution < 1.29 is 13.9 Å². The van der Waals surface area contributed by atoms with E-state index in [1.807, 2.05) is 30.3 Å². The minimum atomic E-state index is -0.365. The average Bonchev–Trinajstić information content (AvgIpc) is 3.12. The third-order valence-corrected chi connectivity index (χ3v) is 4.42. The SMILES string of the molecule is COC(c1ccccc1)c1nc2c(o1)CCN(C(=O)c1ccnnc1)C2. The lowest BCUT2D eigenvalue weighted by Crippen LogP contribution is -2.35. The Morgan fingerprint density at radius 3 is 2.81 bits per heavy atom. The fourth-order valence-corrected chi connectivity index (χ4v) is 3.11. The van der Waals surface area contributed by atoms with Gasteiger partial charge in [0.25, 0.3) is 5.91 Å². The van der Waals surface area contributed by atoms with Gasteiger partial charge in [-0.15, -0.1) is 0 Å². The lowest BCUT2D eigenvalue weighted by molar-refractivity contribution is 0.0726. The second-order valence-electron chi connectivity index (χ2n) is 6.06. The van der Waals surface area contributed by atoms with E-state index in [1.165, 1.54) is 12.4 Å². The van der Waals surface area contributed by atoms with Gasteiger partial charge in [-0.2, -0.15) is 10.2 Å². The van der Waals surface area contributed by atoms with E-state index in [-0.39, 0.29) is 12.0 Å². The topological polar surface area (TPSA) is 81.4 Å². The Morgan fingerprint density at radius 2 is 2.08 bits per heavy atom. The quantitative estimate of drug-likeness (QED) is 0.719. The zero-order valence-corrected chi connectivity index (χ0v) is 14.3. The molecule has 132 valence electrons. The Bertz CT molecular complexity index is 896. The maximum atomic E-state index is 12.6. The number of rotatable bonds is 4. The molecule has 1 amide bonds. The summed E-state index contributed by atoms with van der Waals surface area (Å²) in [5, 5.41) is 7.48. The number of amides is 1. The smallest absolute Gasteiger partial charge is 0.255 e. The molecule has 1 unspecified atom stereocenters. The lowest BCUT2D eigenvalue weighted by atomic mass is 10.1. The summed E-state index contributed by atoms with van der Waals surface area (Å²) in [6.07, 6.45) is 3.25. The van der Waals surface area contributed by atoms with Gasteiger partial charge in [-0.25, -0.2) is 4.98 Å². The van der Waals surface area contributed by atoms with Crippen LogP contribution in [0.1, 0.15) is 39.4 Å². The Labute approximate surface area is 150 Å². The van der Waals surface area contributed by atoms with E-state index in [0.717, 1.165) is 17.0 Å². The van der Waals surface area contributed by atoms with Crippen LogP contribution in [-0.2, 0) is 17.7 Å². The van der Waals surface area contributed by atoms with E-state index in [4.69, 9.17) is 9.15 Å². The summed E-state index contributed by atoms with van der Waals surface area (Å²) in [5.74, 6) is 1.25. The first kappa shape index (κ1) is 16.4. The Balaban J connectivity index is 1.56. The highest BCUT2D eigenvalue weighted by Gasteiger charge is 2.29. The predicted molar refractivity (Wildman–Crippen MR) is 92.3 cm³/mol. The molecule has 0 fully saturated rings.